The summed E-state index contributed by atoms with van der Waals surface area (Å²) in [6, 6.07) is -1.39. The average molecular weight is 517 g/mol. The summed E-state index contributed by atoms with van der Waals surface area (Å²) in [5.41, 5.74) is 0. The van der Waals surface area contributed by atoms with Gasteiger partial charge in [0.25, 0.3) is 0 Å². The van der Waals surface area contributed by atoms with Crippen LogP contribution in [0.4, 0.5) is 0 Å². The van der Waals surface area contributed by atoms with E-state index in [0.717, 1.165) is 13.1 Å². The molecule has 0 spiro atoms. The van der Waals surface area contributed by atoms with Crippen molar-refractivity contribution in [1.82, 2.24) is 0 Å². The minimum Gasteiger partial charge on any atom is -0.264 e. The van der Waals surface area contributed by atoms with Gasteiger partial charge in [-0.2, -0.15) is 33.7 Å². The molecule has 0 radical (unpaired) electrons. The molecule has 0 bridgehead atoms. The Balaban J connectivity index is 5.48. The summed E-state index contributed by atoms with van der Waals surface area (Å²) in [5, 5.41) is 0. The molecule has 0 heterocycles. The lowest BCUT2D eigenvalue weighted by Crippen LogP contribution is -2.45. The summed E-state index contributed by atoms with van der Waals surface area (Å²) < 4.78 is 138. The van der Waals surface area contributed by atoms with E-state index >= 15 is 0 Å². The Kier molecular flexibility index (Phi) is 8.71. The van der Waals surface area contributed by atoms with Crippen LogP contribution in [0, 0.1) is 0 Å². The normalized spacial score (nSPS) is 15.0. The predicted octanol–water partition coefficient (Wildman–Crippen LogP) is -1.20. The van der Waals surface area contributed by atoms with Gasteiger partial charge in [-0.1, -0.05) is 0 Å². The fraction of sp³-hybridized carbons (Fsp3) is 1.00. The van der Waals surface area contributed by atoms with E-state index in [1.807, 2.05) is 0 Å². The SMILES string of the molecule is C[Si](CCC[Si](C)(OS(=O)(=O)O)OS(=O)(=O)O)(OS(=O)(=O)O)OS(=O)(=O)O. The van der Waals surface area contributed by atoms with Crippen LogP contribution in [0.5, 0.6) is 0 Å². The third-order valence-corrected chi connectivity index (χ3v) is 13.9. The molecule has 0 rings (SSSR count). The maximum absolute atomic E-state index is 10.8. The van der Waals surface area contributed by atoms with Gasteiger partial charge in [0.05, 0.1) is 0 Å². The summed E-state index contributed by atoms with van der Waals surface area (Å²) in [5.74, 6) is 0. The van der Waals surface area contributed by atoms with Gasteiger partial charge in [0.15, 0.2) is 0 Å². The highest BCUT2D eigenvalue weighted by Gasteiger charge is 2.45. The zero-order chi connectivity index (χ0) is 21.9. The molecule has 27 heavy (non-hydrogen) atoms. The fourth-order valence-electron chi connectivity index (χ4n) is 1.82. The van der Waals surface area contributed by atoms with Crippen molar-refractivity contribution in [2.24, 2.45) is 0 Å². The van der Waals surface area contributed by atoms with E-state index in [4.69, 9.17) is 18.2 Å². The Morgan fingerprint density at radius 2 is 0.741 bits per heavy atom. The second-order valence-electron chi connectivity index (χ2n) is 5.17. The molecule has 0 saturated heterocycles. The van der Waals surface area contributed by atoms with Gasteiger partial charge in [-0.05, 0) is 31.6 Å². The lowest BCUT2D eigenvalue weighted by Gasteiger charge is -2.25. The van der Waals surface area contributed by atoms with Crippen molar-refractivity contribution >= 4 is 58.7 Å². The zero-order valence-corrected chi connectivity index (χ0v) is 18.7. The first-order valence-electron chi connectivity index (χ1n) is 6.25. The maximum atomic E-state index is 10.8. The van der Waals surface area contributed by atoms with Crippen molar-refractivity contribution in [3.8, 4) is 0 Å². The summed E-state index contributed by atoms with van der Waals surface area (Å²) in [6.45, 7) is 1.56. The van der Waals surface area contributed by atoms with Gasteiger partial charge in [0.1, 0.15) is 0 Å². The number of hydrogen-bond acceptors (Lipinski definition) is 12. The molecule has 0 amide bonds. The summed E-state index contributed by atoms with van der Waals surface area (Å²) in [7, 11) is -29.8. The van der Waals surface area contributed by atoms with Crippen molar-refractivity contribution in [3.05, 3.63) is 0 Å². The zero-order valence-electron chi connectivity index (χ0n) is 13.4. The molecule has 0 saturated carbocycles. The molecule has 22 heteroatoms. The van der Waals surface area contributed by atoms with Crippen LogP contribution in [0.2, 0.25) is 25.2 Å². The topological polar surface area (TPSA) is 254 Å². The van der Waals surface area contributed by atoms with E-state index in [-0.39, 0.29) is 0 Å². The first-order valence-corrected chi connectivity index (χ1v) is 16.8. The molecule has 0 aromatic heterocycles. The molecule has 0 unspecified atom stereocenters. The van der Waals surface area contributed by atoms with Crippen LogP contribution < -0.4 is 0 Å². The average Bonchev–Trinajstić information content (AvgIpc) is 2.14. The fourth-order valence-corrected chi connectivity index (χ4v) is 13.0. The Morgan fingerprint density at radius 1 is 0.556 bits per heavy atom. The second-order valence-corrected chi connectivity index (χ2v) is 16.8. The molecule has 164 valence electrons. The third-order valence-electron chi connectivity index (χ3n) is 2.39. The van der Waals surface area contributed by atoms with E-state index in [1.54, 1.807) is 0 Å². The highest BCUT2D eigenvalue weighted by Crippen LogP contribution is 2.27. The van der Waals surface area contributed by atoms with Crippen LogP contribution in [-0.4, -0.2) is 69.0 Å². The quantitative estimate of drug-likeness (QED) is 0.175. The van der Waals surface area contributed by atoms with Gasteiger partial charge in [0.2, 0.25) is 0 Å². The highest BCUT2D eigenvalue weighted by atomic mass is 32.3. The summed E-state index contributed by atoms with van der Waals surface area (Å²) in [4.78, 5) is 0. The first kappa shape index (κ1) is 26.9. The van der Waals surface area contributed by atoms with E-state index in [2.05, 4.69) is 15.5 Å². The van der Waals surface area contributed by atoms with E-state index < -0.39 is 77.2 Å². The number of rotatable bonds is 12. The lowest BCUT2D eigenvalue weighted by atomic mass is 10.6. The van der Waals surface area contributed by atoms with Gasteiger partial charge >= 0.3 is 58.7 Å². The molecule has 0 aromatic carbocycles. The number of hydrogen-bond donors (Lipinski definition) is 4. The third kappa shape index (κ3) is 14.6. The van der Waals surface area contributed by atoms with Crippen molar-refractivity contribution in [1.29, 1.82) is 0 Å². The van der Waals surface area contributed by atoms with Crippen molar-refractivity contribution in [2.45, 2.75) is 31.6 Å². The smallest absolute Gasteiger partial charge is 0.264 e. The standard InChI is InChI=1S/C5H16O16S4Si2/c1-26(18-22(6,7)8,19-23(9,10)11)4-3-5-27(2,20-24(12,13)14)21-25(15,16)17/h3-5H2,1-2H3,(H,6,7,8)(H,9,10,11)(H,12,13,14)(H,15,16,17). The first-order chi connectivity index (χ1) is 11.5. The Morgan fingerprint density at radius 3 is 0.889 bits per heavy atom. The molecule has 0 aromatic rings. The molecule has 4 N–H and O–H groups in total. The van der Waals surface area contributed by atoms with Crippen LogP contribution >= 0.6 is 0 Å². The molecule has 0 atom stereocenters. The minimum atomic E-state index is -5.24. The second kappa shape index (κ2) is 8.73. The Hall–Kier alpha value is -0.0862. The van der Waals surface area contributed by atoms with Crippen LogP contribution in [0.1, 0.15) is 6.42 Å². The maximum Gasteiger partial charge on any atom is 0.389 e. The Labute approximate surface area is 157 Å². The molecule has 0 aliphatic rings. The van der Waals surface area contributed by atoms with Gasteiger partial charge in [-0.25, -0.2) is 0 Å². The predicted molar refractivity (Wildman–Crippen MR) is 88.0 cm³/mol. The summed E-state index contributed by atoms with van der Waals surface area (Å²) >= 11 is 0. The van der Waals surface area contributed by atoms with Crippen molar-refractivity contribution in [2.75, 3.05) is 0 Å². The Bertz CT molecular complexity index is 785. The van der Waals surface area contributed by atoms with Crippen LogP contribution in [-0.2, 0) is 57.1 Å². The van der Waals surface area contributed by atoms with Crippen molar-refractivity contribution in [3.63, 3.8) is 0 Å². The van der Waals surface area contributed by atoms with E-state index in [1.165, 1.54) is 0 Å². The van der Waals surface area contributed by atoms with Gasteiger partial charge < -0.3 is 0 Å². The van der Waals surface area contributed by atoms with Gasteiger partial charge in [-0.15, -0.1) is 0 Å². The molecular weight excluding hydrogens is 500 g/mol. The lowest BCUT2D eigenvalue weighted by molar-refractivity contribution is 0.309. The van der Waals surface area contributed by atoms with Crippen LogP contribution in [0.25, 0.3) is 0 Å². The largest absolute Gasteiger partial charge is 0.389 e. The molecule has 0 aliphatic heterocycles. The summed E-state index contributed by atoms with van der Waals surface area (Å²) in [6.07, 6.45) is -0.512. The monoisotopic (exact) mass is 516 g/mol. The molecule has 0 aliphatic carbocycles. The van der Waals surface area contributed by atoms with E-state index in [0.29, 0.717) is 0 Å². The minimum absolute atomic E-state index is 0.512. The molecule has 16 nitrogen and oxygen atoms in total. The van der Waals surface area contributed by atoms with Crippen molar-refractivity contribution < 1.29 is 67.4 Å². The highest BCUT2D eigenvalue weighted by molar-refractivity contribution is 7.84. The van der Waals surface area contributed by atoms with Gasteiger partial charge in [0, 0.05) is 0 Å². The molecular formula is C5H16O16S4Si2. The molecule has 0 fully saturated rings. The van der Waals surface area contributed by atoms with Gasteiger partial charge in [-0.3, -0.25) is 33.7 Å². The van der Waals surface area contributed by atoms with E-state index in [9.17, 15) is 33.7 Å². The van der Waals surface area contributed by atoms with Crippen LogP contribution in [0.15, 0.2) is 0 Å². The van der Waals surface area contributed by atoms with Crippen LogP contribution in [0.3, 0.4) is 0 Å².